The van der Waals surface area contributed by atoms with E-state index in [0.717, 1.165) is 29.3 Å². The second kappa shape index (κ2) is 10.5. The molecule has 4 rings (SSSR count). The Morgan fingerprint density at radius 3 is 2.58 bits per heavy atom. The number of amides is 1. The highest BCUT2D eigenvalue weighted by atomic mass is 32.2. The van der Waals surface area contributed by atoms with E-state index in [4.69, 9.17) is 4.74 Å². The van der Waals surface area contributed by atoms with E-state index in [1.54, 1.807) is 13.3 Å². The van der Waals surface area contributed by atoms with Crippen molar-refractivity contribution in [2.45, 2.75) is 28.8 Å². The molecule has 0 saturated carbocycles. The number of aromatic nitrogens is 1. The summed E-state index contributed by atoms with van der Waals surface area (Å²) in [5.74, 6) is 0.751. The topological polar surface area (TPSA) is 54.5 Å². The van der Waals surface area contributed by atoms with Crippen molar-refractivity contribution in [2.24, 2.45) is 0 Å². The first kappa shape index (κ1) is 21.4. The summed E-state index contributed by atoms with van der Waals surface area (Å²) in [4.78, 5) is 21.1. The highest BCUT2D eigenvalue weighted by Crippen LogP contribution is 2.32. The van der Waals surface area contributed by atoms with E-state index < -0.39 is 0 Å². The van der Waals surface area contributed by atoms with Crippen molar-refractivity contribution >= 4 is 17.7 Å². The summed E-state index contributed by atoms with van der Waals surface area (Å²) < 4.78 is 5.61. The Bertz CT molecular complexity index is 1010. The molecule has 1 saturated heterocycles. The van der Waals surface area contributed by atoms with Crippen LogP contribution in [-0.4, -0.2) is 42.5 Å². The molecule has 31 heavy (non-hydrogen) atoms. The van der Waals surface area contributed by atoms with Crippen molar-refractivity contribution in [1.82, 2.24) is 15.2 Å². The van der Waals surface area contributed by atoms with Crippen molar-refractivity contribution in [2.75, 3.05) is 26.7 Å². The molecule has 3 aromatic rings. The van der Waals surface area contributed by atoms with Crippen molar-refractivity contribution in [3.8, 4) is 5.75 Å². The predicted octanol–water partition coefficient (Wildman–Crippen LogP) is 4.81. The van der Waals surface area contributed by atoms with Crippen LogP contribution in [0.4, 0.5) is 0 Å². The number of rotatable bonds is 8. The van der Waals surface area contributed by atoms with Crippen molar-refractivity contribution in [3.63, 3.8) is 0 Å². The number of likely N-dealkylation sites (tertiary alicyclic amines) is 1. The van der Waals surface area contributed by atoms with E-state index in [1.165, 1.54) is 24.6 Å². The number of nitrogens with one attached hydrogen (secondary N) is 1. The van der Waals surface area contributed by atoms with Crippen LogP contribution in [0, 0.1) is 0 Å². The molecule has 0 bridgehead atoms. The quantitative estimate of drug-likeness (QED) is 0.553. The zero-order valence-electron chi connectivity index (χ0n) is 17.7. The van der Waals surface area contributed by atoms with Crippen LogP contribution in [0.5, 0.6) is 5.75 Å². The van der Waals surface area contributed by atoms with Crippen LogP contribution in [-0.2, 0) is 0 Å². The second-order valence-corrected chi connectivity index (χ2v) is 8.54. The SMILES string of the molecule is COc1ccccc1C(CNC(=O)c1cccnc1Sc1ccccc1)N1CCCC1. The van der Waals surface area contributed by atoms with Gasteiger partial charge in [0.1, 0.15) is 10.8 Å². The van der Waals surface area contributed by atoms with Crippen LogP contribution < -0.4 is 10.1 Å². The highest BCUT2D eigenvalue weighted by Gasteiger charge is 2.26. The Hall–Kier alpha value is -2.83. The van der Waals surface area contributed by atoms with Gasteiger partial charge in [-0.2, -0.15) is 0 Å². The molecule has 2 heterocycles. The number of hydrogen-bond donors (Lipinski definition) is 1. The molecule has 1 aliphatic heterocycles. The van der Waals surface area contributed by atoms with Crippen molar-refractivity contribution < 1.29 is 9.53 Å². The van der Waals surface area contributed by atoms with E-state index in [2.05, 4.69) is 21.3 Å². The van der Waals surface area contributed by atoms with Gasteiger partial charge in [-0.1, -0.05) is 48.2 Å². The number of para-hydroxylation sites is 1. The summed E-state index contributed by atoms with van der Waals surface area (Å²) in [6.07, 6.45) is 4.09. The van der Waals surface area contributed by atoms with Crippen molar-refractivity contribution in [3.05, 3.63) is 84.1 Å². The van der Waals surface area contributed by atoms with Gasteiger partial charge >= 0.3 is 0 Å². The van der Waals surface area contributed by atoms with Gasteiger partial charge in [-0.3, -0.25) is 9.69 Å². The molecule has 2 aromatic carbocycles. The van der Waals surface area contributed by atoms with E-state index in [9.17, 15) is 4.79 Å². The first-order valence-electron chi connectivity index (χ1n) is 10.6. The fourth-order valence-electron chi connectivity index (χ4n) is 3.96. The normalized spacial score (nSPS) is 14.9. The molecule has 1 fully saturated rings. The van der Waals surface area contributed by atoms with Crippen LogP contribution in [0.15, 0.2) is 82.8 Å². The number of methoxy groups -OCH3 is 1. The molecule has 1 N–H and O–H groups in total. The van der Waals surface area contributed by atoms with E-state index in [1.807, 2.05) is 60.7 Å². The molecule has 0 radical (unpaired) electrons. The van der Waals surface area contributed by atoms with Crippen LogP contribution in [0.3, 0.4) is 0 Å². The minimum Gasteiger partial charge on any atom is -0.496 e. The zero-order chi connectivity index (χ0) is 21.5. The molecule has 160 valence electrons. The summed E-state index contributed by atoms with van der Waals surface area (Å²) >= 11 is 1.50. The van der Waals surface area contributed by atoms with Gasteiger partial charge in [-0.25, -0.2) is 4.98 Å². The lowest BCUT2D eigenvalue weighted by Crippen LogP contribution is -2.37. The van der Waals surface area contributed by atoms with Crippen LogP contribution in [0.2, 0.25) is 0 Å². The van der Waals surface area contributed by atoms with Gasteiger partial charge in [0.2, 0.25) is 0 Å². The number of carbonyl (C=O) groups excluding carboxylic acids is 1. The maximum atomic E-state index is 13.1. The monoisotopic (exact) mass is 433 g/mol. The zero-order valence-corrected chi connectivity index (χ0v) is 18.5. The largest absolute Gasteiger partial charge is 0.496 e. The minimum absolute atomic E-state index is 0.0736. The van der Waals surface area contributed by atoms with E-state index in [-0.39, 0.29) is 11.9 Å². The molecular weight excluding hydrogens is 406 g/mol. The maximum Gasteiger partial charge on any atom is 0.254 e. The minimum atomic E-state index is -0.106. The lowest BCUT2D eigenvalue weighted by atomic mass is 10.0. The molecular formula is C25H27N3O2S. The smallest absolute Gasteiger partial charge is 0.254 e. The van der Waals surface area contributed by atoms with Crippen LogP contribution in [0.1, 0.15) is 34.8 Å². The predicted molar refractivity (Wildman–Crippen MR) is 124 cm³/mol. The lowest BCUT2D eigenvalue weighted by Gasteiger charge is -2.29. The molecule has 1 atom stereocenters. The van der Waals surface area contributed by atoms with Gasteiger partial charge in [0.15, 0.2) is 0 Å². The fraction of sp³-hybridized carbons (Fsp3) is 0.280. The van der Waals surface area contributed by atoms with Crippen LogP contribution in [0.25, 0.3) is 0 Å². The molecule has 1 aromatic heterocycles. The van der Waals surface area contributed by atoms with Crippen molar-refractivity contribution in [1.29, 1.82) is 0 Å². The van der Waals surface area contributed by atoms with E-state index >= 15 is 0 Å². The van der Waals surface area contributed by atoms with Gasteiger partial charge in [-0.15, -0.1) is 0 Å². The number of pyridine rings is 1. The molecule has 1 aliphatic rings. The van der Waals surface area contributed by atoms with E-state index in [0.29, 0.717) is 17.1 Å². The summed E-state index contributed by atoms with van der Waals surface area (Å²) in [5, 5.41) is 3.87. The highest BCUT2D eigenvalue weighted by molar-refractivity contribution is 7.99. The lowest BCUT2D eigenvalue weighted by molar-refractivity contribution is 0.0933. The first-order valence-corrected chi connectivity index (χ1v) is 11.4. The summed E-state index contributed by atoms with van der Waals surface area (Å²) in [6.45, 7) is 2.57. The Balaban J connectivity index is 1.52. The van der Waals surface area contributed by atoms with Crippen LogP contribution >= 0.6 is 11.8 Å². The number of carbonyl (C=O) groups is 1. The van der Waals surface area contributed by atoms with Gasteiger partial charge in [-0.05, 0) is 56.3 Å². The van der Waals surface area contributed by atoms with Gasteiger partial charge in [0.25, 0.3) is 5.91 Å². The van der Waals surface area contributed by atoms with Gasteiger partial charge < -0.3 is 10.1 Å². The Morgan fingerprint density at radius 2 is 1.81 bits per heavy atom. The third-order valence-electron chi connectivity index (χ3n) is 5.51. The fourth-order valence-corrected chi connectivity index (χ4v) is 4.86. The maximum absolute atomic E-state index is 13.1. The Labute approximate surface area is 187 Å². The average Bonchev–Trinajstić information content (AvgIpc) is 3.35. The number of hydrogen-bond acceptors (Lipinski definition) is 5. The summed E-state index contributed by atoms with van der Waals surface area (Å²) in [6, 6.07) is 21.8. The molecule has 5 nitrogen and oxygen atoms in total. The Kier molecular flexibility index (Phi) is 7.22. The second-order valence-electron chi connectivity index (χ2n) is 7.48. The standard InChI is InChI=1S/C25H27N3O2S/c1-30-23-14-6-5-12-20(23)22(28-16-7-8-17-28)18-27-24(29)21-13-9-15-26-25(21)31-19-10-3-2-4-11-19/h2-6,9-15,22H,7-8,16-18H2,1H3,(H,27,29). The molecule has 0 spiro atoms. The number of nitrogens with zero attached hydrogens (tertiary/aromatic N) is 2. The Morgan fingerprint density at radius 1 is 1.06 bits per heavy atom. The number of ether oxygens (including phenoxy) is 1. The molecule has 0 aliphatic carbocycles. The summed E-state index contributed by atoms with van der Waals surface area (Å²) in [7, 11) is 1.70. The third-order valence-corrected chi connectivity index (χ3v) is 6.54. The van der Waals surface area contributed by atoms with Gasteiger partial charge in [0.05, 0.1) is 18.7 Å². The average molecular weight is 434 g/mol. The molecule has 6 heteroatoms. The first-order chi connectivity index (χ1) is 15.3. The third kappa shape index (κ3) is 5.27. The molecule has 1 amide bonds. The molecule has 1 unspecified atom stereocenters. The summed E-state index contributed by atoms with van der Waals surface area (Å²) in [5.41, 5.74) is 1.70. The number of benzene rings is 2. The van der Waals surface area contributed by atoms with Gasteiger partial charge in [0, 0.05) is 23.2 Å².